The summed E-state index contributed by atoms with van der Waals surface area (Å²) in [5.41, 5.74) is 0.767. The van der Waals surface area contributed by atoms with E-state index in [-0.39, 0.29) is 11.3 Å². The zero-order valence-corrected chi connectivity index (χ0v) is 14.7. The van der Waals surface area contributed by atoms with Gasteiger partial charge < -0.3 is 20.7 Å². The minimum atomic E-state index is -0.367. The van der Waals surface area contributed by atoms with Crippen LogP contribution in [0.3, 0.4) is 0 Å². The van der Waals surface area contributed by atoms with E-state index < -0.39 is 0 Å². The van der Waals surface area contributed by atoms with Crippen LogP contribution in [0.1, 0.15) is 26.3 Å². The smallest absolute Gasteiger partial charge is 0.225 e. The van der Waals surface area contributed by atoms with Crippen molar-refractivity contribution in [2.75, 3.05) is 27.2 Å². The van der Waals surface area contributed by atoms with Crippen molar-refractivity contribution < 1.29 is 9.53 Å². The number of benzene rings is 1. The molecule has 0 unspecified atom stereocenters. The quantitative estimate of drug-likeness (QED) is 0.422. The van der Waals surface area contributed by atoms with Gasteiger partial charge in [-0.05, 0) is 17.7 Å². The molecule has 1 aromatic rings. The fraction of sp³-hybridized carbons (Fsp3) is 0.529. The molecule has 23 heavy (non-hydrogen) atoms. The topological polar surface area (TPSA) is 74.8 Å². The van der Waals surface area contributed by atoms with Gasteiger partial charge in [0.2, 0.25) is 5.91 Å². The van der Waals surface area contributed by atoms with Gasteiger partial charge in [0.15, 0.2) is 5.96 Å². The van der Waals surface area contributed by atoms with E-state index in [4.69, 9.17) is 4.74 Å². The Bertz CT molecular complexity index is 518. The molecule has 0 bridgehead atoms. The second-order valence-corrected chi connectivity index (χ2v) is 6.21. The Hall–Kier alpha value is -2.24. The molecule has 0 aliphatic heterocycles. The van der Waals surface area contributed by atoms with E-state index in [9.17, 15) is 4.79 Å². The van der Waals surface area contributed by atoms with E-state index in [1.165, 1.54) is 0 Å². The van der Waals surface area contributed by atoms with Crippen LogP contribution in [0.2, 0.25) is 0 Å². The molecule has 0 heterocycles. The molecule has 6 nitrogen and oxygen atoms in total. The number of hydrogen-bond donors (Lipinski definition) is 3. The zero-order valence-electron chi connectivity index (χ0n) is 14.7. The Morgan fingerprint density at radius 1 is 1.09 bits per heavy atom. The van der Waals surface area contributed by atoms with Crippen molar-refractivity contribution in [3.05, 3.63) is 29.8 Å². The number of hydrogen-bond acceptors (Lipinski definition) is 3. The summed E-state index contributed by atoms with van der Waals surface area (Å²) >= 11 is 0. The van der Waals surface area contributed by atoms with Gasteiger partial charge in [-0.2, -0.15) is 0 Å². The van der Waals surface area contributed by atoms with E-state index in [1.54, 1.807) is 14.2 Å². The molecule has 0 radical (unpaired) electrons. The highest BCUT2D eigenvalue weighted by Crippen LogP contribution is 2.12. The second-order valence-electron chi connectivity index (χ2n) is 6.21. The van der Waals surface area contributed by atoms with E-state index in [1.807, 2.05) is 45.0 Å². The standard InChI is InChI=1S/C17H28N4O2/c1-17(2,3)15(22)19-10-11-20-16(18-4)21-12-13-6-8-14(23-5)9-7-13/h6-9H,10-12H2,1-5H3,(H,19,22)(H2,18,20,21). The first-order valence-corrected chi connectivity index (χ1v) is 7.72. The summed E-state index contributed by atoms with van der Waals surface area (Å²) in [6, 6.07) is 7.86. The van der Waals surface area contributed by atoms with Gasteiger partial charge in [-0.1, -0.05) is 32.9 Å². The lowest BCUT2D eigenvalue weighted by atomic mass is 9.96. The SMILES string of the molecule is CN=C(NCCNC(=O)C(C)(C)C)NCc1ccc(OC)cc1. The average Bonchev–Trinajstić information content (AvgIpc) is 2.53. The molecular weight excluding hydrogens is 292 g/mol. The highest BCUT2D eigenvalue weighted by molar-refractivity contribution is 5.81. The summed E-state index contributed by atoms with van der Waals surface area (Å²) in [5, 5.41) is 9.29. The van der Waals surface area contributed by atoms with Crippen molar-refractivity contribution in [3.8, 4) is 5.75 Å². The molecule has 128 valence electrons. The van der Waals surface area contributed by atoms with Gasteiger partial charge in [0.05, 0.1) is 7.11 Å². The summed E-state index contributed by atoms with van der Waals surface area (Å²) in [4.78, 5) is 15.9. The summed E-state index contributed by atoms with van der Waals surface area (Å²) in [5.74, 6) is 1.58. The third-order valence-electron chi connectivity index (χ3n) is 3.23. The molecule has 1 rings (SSSR count). The number of nitrogens with zero attached hydrogens (tertiary/aromatic N) is 1. The summed E-state index contributed by atoms with van der Waals surface area (Å²) < 4.78 is 5.13. The molecule has 1 amide bonds. The third kappa shape index (κ3) is 7.04. The Labute approximate surface area is 138 Å². The van der Waals surface area contributed by atoms with E-state index in [0.29, 0.717) is 25.6 Å². The maximum Gasteiger partial charge on any atom is 0.225 e. The number of carbonyl (C=O) groups excluding carboxylic acids is 1. The fourth-order valence-corrected chi connectivity index (χ4v) is 1.77. The molecule has 0 saturated carbocycles. The average molecular weight is 320 g/mol. The first kappa shape index (κ1) is 18.8. The number of amides is 1. The lowest BCUT2D eigenvalue weighted by molar-refractivity contribution is -0.128. The van der Waals surface area contributed by atoms with Crippen molar-refractivity contribution in [3.63, 3.8) is 0 Å². The molecule has 0 aliphatic rings. The van der Waals surface area contributed by atoms with Crippen LogP contribution in [0.4, 0.5) is 0 Å². The van der Waals surface area contributed by atoms with Crippen molar-refractivity contribution in [2.45, 2.75) is 27.3 Å². The Morgan fingerprint density at radius 3 is 2.22 bits per heavy atom. The number of carbonyl (C=O) groups is 1. The summed E-state index contributed by atoms with van der Waals surface area (Å²) in [7, 11) is 3.37. The van der Waals surface area contributed by atoms with Gasteiger partial charge in [-0.3, -0.25) is 9.79 Å². The lowest BCUT2D eigenvalue weighted by Gasteiger charge is -2.18. The van der Waals surface area contributed by atoms with E-state index >= 15 is 0 Å². The van der Waals surface area contributed by atoms with Gasteiger partial charge in [-0.15, -0.1) is 0 Å². The molecule has 0 aromatic heterocycles. The normalized spacial score (nSPS) is 11.8. The van der Waals surface area contributed by atoms with Crippen molar-refractivity contribution in [1.82, 2.24) is 16.0 Å². The molecule has 0 aliphatic carbocycles. The van der Waals surface area contributed by atoms with Gasteiger partial charge in [0.25, 0.3) is 0 Å². The first-order chi connectivity index (χ1) is 10.9. The Morgan fingerprint density at radius 2 is 1.70 bits per heavy atom. The Balaban J connectivity index is 2.30. The van der Waals surface area contributed by atoms with Crippen LogP contribution >= 0.6 is 0 Å². The van der Waals surface area contributed by atoms with Crippen LogP contribution in [0.15, 0.2) is 29.3 Å². The van der Waals surface area contributed by atoms with Gasteiger partial charge in [0, 0.05) is 32.1 Å². The maximum atomic E-state index is 11.7. The highest BCUT2D eigenvalue weighted by Gasteiger charge is 2.20. The number of nitrogens with one attached hydrogen (secondary N) is 3. The minimum Gasteiger partial charge on any atom is -0.497 e. The lowest BCUT2D eigenvalue weighted by Crippen LogP contribution is -2.43. The molecule has 3 N–H and O–H groups in total. The largest absolute Gasteiger partial charge is 0.497 e. The maximum absolute atomic E-state index is 11.7. The van der Waals surface area contributed by atoms with Crippen molar-refractivity contribution in [2.24, 2.45) is 10.4 Å². The summed E-state index contributed by atoms with van der Waals surface area (Å²) in [6.07, 6.45) is 0. The molecule has 0 atom stereocenters. The van der Waals surface area contributed by atoms with Crippen molar-refractivity contribution >= 4 is 11.9 Å². The molecular formula is C17H28N4O2. The monoisotopic (exact) mass is 320 g/mol. The number of ether oxygens (including phenoxy) is 1. The molecule has 0 saturated heterocycles. The predicted molar refractivity (Wildman–Crippen MR) is 93.7 cm³/mol. The molecule has 6 heteroatoms. The van der Waals surface area contributed by atoms with E-state index in [0.717, 1.165) is 11.3 Å². The van der Waals surface area contributed by atoms with Crippen LogP contribution in [0.5, 0.6) is 5.75 Å². The number of rotatable bonds is 6. The van der Waals surface area contributed by atoms with Crippen molar-refractivity contribution in [1.29, 1.82) is 0 Å². The van der Waals surface area contributed by atoms with Crippen LogP contribution < -0.4 is 20.7 Å². The van der Waals surface area contributed by atoms with Crippen LogP contribution in [0.25, 0.3) is 0 Å². The van der Waals surface area contributed by atoms with Gasteiger partial charge in [0.1, 0.15) is 5.75 Å². The highest BCUT2D eigenvalue weighted by atomic mass is 16.5. The first-order valence-electron chi connectivity index (χ1n) is 7.72. The Kier molecular flexibility index (Phi) is 7.38. The molecule has 0 fully saturated rings. The van der Waals surface area contributed by atoms with Crippen LogP contribution in [0, 0.1) is 5.41 Å². The minimum absolute atomic E-state index is 0.0421. The number of aliphatic imine (C=N–C) groups is 1. The third-order valence-corrected chi connectivity index (χ3v) is 3.23. The van der Waals surface area contributed by atoms with Crippen LogP contribution in [-0.4, -0.2) is 39.1 Å². The molecule has 1 aromatic carbocycles. The predicted octanol–water partition coefficient (Wildman–Crippen LogP) is 1.52. The number of methoxy groups -OCH3 is 1. The van der Waals surface area contributed by atoms with Crippen LogP contribution in [-0.2, 0) is 11.3 Å². The summed E-state index contributed by atoms with van der Waals surface area (Å²) in [6.45, 7) is 7.52. The second kappa shape index (κ2) is 9.02. The fourth-order valence-electron chi connectivity index (χ4n) is 1.77. The molecule has 0 spiro atoms. The van der Waals surface area contributed by atoms with Gasteiger partial charge in [-0.25, -0.2) is 0 Å². The van der Waals surface area contributed by atoms with E-state index in [2.05, 4.69) is 20.9 Å². The van der Waals surface area contributed by atoms with Gasteiger partial charge >= 0.3 is 0 Å². The zero-order chi connectivity index (χ0) is 17.3. The number of guanidine groups is 1.